The number of benzene rings is 3. The Morgan fingerprint density at radius 3 is 2.11 bits per heavy atom. The molecule has 3 aromatic carbocycles. The summed E-state index contributed by atoms with van der Waals surface area (Å²) in [5, 5.41) is 4.54. The van der Waals surface area contributed by atoms with Crippen LogP contribution in [0.25, 0.3) is 0 Å². The van der Waals surface area contributed by atoms with Crippen LogP contribution in [0, 0.1) is 0 Å². The summed E-state index contributed by atoms with van der Waals surface area (Å²) in [4.78, 5) is 0.228. The maximum atomic E-state index is 13.3. The number of methoxy groups -OCH3 is 1. The summed E-state index contributed by atoms with van der Waals surface area (Å²) in [6, 6.07) is 25.1. The molecule has 4 rings (SSSR count). The molecule has 142 valence electrons. The molecule has 0 saturated carbocycles. The maximum absolute atomic E-state index is 13.3. The van der Waals surface area contributed by atoms with Crippen LogP contribution in [0.5, 0.6) is 5.75 Å². The molecular formula is C22H20N2O3S. The first kappa shape index (κ1) is 18.3. The maximum Gasteiger partial charge on any atom is 0.279 e. The summed E-state index contributed by atoms with van der Waals surface area (Å²) in [7, 11) is -2.17. The third-order valence-corrected chi connectivity index (χ3v) is 6.46. The number of rotatable bonds is 5. The molecule has 0 amide bonds. The zero-order valence-corrected chi connectivity index (χ0v) is 16.2. The number of hydrogen-bond donors (Lipinski definition) is 0. The van der Waals surface area contributed by atoms with Crippen molar-refractivity contribution >= 4 is 15.7 Å². The van der Waals surface area contributed by atoms with Gasteiger partial charge in [0.25, 0.3) is 10.0 Å². The van der Waals surface area contributed by atoms with E-state index in [0.29, 0.717) is 6.42 Å². The normalized spacial score (nSPS) is 16.7. The van der Waals surface area contributed by atoms with Gasteiger partial charge in [0.1, 0.15) is 5.75 Å². The van der Waals surface area contributed by atoms with Gasteiger partial charge in [-0.25, -0.2) is 0 Å². The van der Waals surface area contributed by atoms with Crippen molar-refractivity contribution < 1.29 is 13.2 Å². The fourth-order valence-corrected chi connectivity index (χ4v) is 4.74. The van der Waals surface area contributed by atoms with Crippen molar-refractivity contribution in [2.75, 3.05) is 7.11 Å². The van der Waals surface area contributed by atoms with E-state index in [0.717, 1.165) is 22.6 Å². The van der Waals surface area contributed by atoms with E-state index >= 15 is 0 Å². The Kier molecular flexibility index (Phi) is 4.88. The smallest absolute Gasteiger partial charge is 0.279 e. The number of nitrogens with zero attached hydrogens (tertiary/aromatic N) is 2. The molecule has 0 spiro atoms. The van der Waals surface area contributed by atoms with Gasteiger partial charge in [-0.2, -0.15) is 17.9 Å². The molecule has 0 radical (unpaired) electrons. The molecule has 0 aromatic heterocycles. The first-order chi connectivity index (χ1) is 13.6. The Hall–Kier alpha value is -3.12. The highest BCUT2D eigenvalue weighted by atomic mass is 32.2. The van der Waals surface area contributed by atoms with Gasteiger partial charge in [-0.3, -0.25) is 0 Å². The van der Waals surface area contributed by atoms with E-state index in [9.17, 15) is 8.42 Å². The lowest BCUT2D eigenvalue weighted by Crippen LogP contribution is -2.27. The van der Waals surface area contributed by atoms with Crippen LogP contribution >= 0.6 is 0 Å². The molecule has 5 nitrogen and oxygen atoms in total. The lowest BCUT2D eigenvalue weighted by molar-refractivity contribution is 0.370. The average molecular weight is 392 g/mol. The minimum Gasteiger partial charge on any atom is -0.497 e. The van der Waals surface area contributed by atoms with Gasteiger partial charge in [0, 0.05) is 6.42 Å². The first-order valence-corrected chi connectivity index (χ1v) is 10.4. The van der Waals surface area contributed by atoms with Gasteiger partial charge < -0.3 is 4.74 Å². The third-order valence-electron chi connectivity index (χ3n) is 4.77. The highest BCUT2D eigenvalue weighted by Crippen LogP contribution is 2.37. The Morgan fingerprint density at radius 1 is 0.893 bits per heavy atom. The molecule has 0 bridgehead atoms. The van der Waals surface area contributed by atoms with Crippen molar-refractivity contribution in [1.82, 2.24) is 4.41 Å². The SMILES string of the molecule is COc1ccc([C@H]2CC(c3ccccc3)=NN2S(=O)(=O)c2ccccc2)cc1. The van der Waals surface area contributed by atoms with Crippen molar-refractivity contribution in [3.63, 3.8) is 0 Å². The molecule has 1 heterocycles. The number of sulfonamides is 1. The second kappa shape index (κ2) is 7.48. The van der Waals surface area contributed by atoms with E-state index in [2.05, 4.69) is 5.10 Å². The van der Waals surface area contributed by atoms with Gasteiger partial charge in [0.2, 0.25) is 0 Å². The minimum absolute atomic E-state index is 0.228. The van der Waals surface area contributed by atoms with Gasteiger partial charge >= 0.3 is 0 Å². The summed E-state index contributed by atoms with van der Waals surface area (Å²) >= 11 is 0. The fourth-order valence-electron chi connectivity index (χ4n) is 3.29. The highest BCUT2D eigenvalue weighted by Gasteiger charge is 2.37. The standard InChI is InChI=1S/C22H20N2O3S/c1-27-19-14-12-18(13-15-19)22-16-21(17-8-4-2-5-9-17)23-24(22)28(25,26)20-10-6-3-7-11-20/h2-15,22H,16H2,1H3/t22-/m1/s1. The minimum atomic E-state index is -3.78. The van der Waals surface area contributed by atoms with Crippen molar-refractivity contribution in [2.24, 2.45) is 5.10 Å². The predicted octanol–water partition coefficient (Wildman–Crippen LogP) is 4.24. The molecule has 6 heteroatoms. The number of hydrogen-bond acceptors (Lipinski definition) is 4. The lowest BCUT2D eigenvalue weighted by Gasteiger charge is -2.23. The highest BCUT2D eigenvalue weighted by molar-refractivity contribution is 7.89. The second-order valence-corrected chi connectivity index (χ2v) is 8.29. The Bertz CT molecular complexity index is 1080. The second-order valence-electron chi connectivity index (χ2n) is 6.50. The van der Waals surface area contributed by atoms with Crippen LogP contribution in [0.4, 0.5) is 0 Å². The van der Waals surface area contributed by atoms with Crippen LogP contribution in [0.15, 0.2) is 94.9 Å². The molecule has 28 heavy (non-hydrogen) atoms. The van der Waals surface area contributed by atoms with Gasteiger partial charge in [-0.05, 0) is 35.4 Å². The Labute approximate surface area is 164 Å². The molecule has 1 aliphatic heterocycles. The summed E-state index contributed by atoms with van der Waals surface area (Å²) in [5.74, 6) is 0.725. The first-order valence-electron chi connectivity index (χ1n) is 8.96. The quantitative estimate of drug-likeness (QED) is 0.653. The third kappa shape index (κ3) is 3.39. The average Bonchev–Trinajstić information content (AvgIpc) is 3.21. The fraction of sp³-hybridized carbons (Fsp3) is 0.136. The zero-order chi connectivity index (χ0) is 19.6. The van der Waals surface area contributed by atoms with Crippen molar-refractivity contribution in [1.29, 1.82) is 0 Å². The van der Waals surface area contributed by atoms with E-state index in [-0.39, 0.29) is 4.90 Å². The summed E-state index contributed by atoms with van der Waals surface area (Å²) < 4.78 is 33.1. The summed E-state index contributed by atoms with van der Waals surface area (Å²) in [6.07, 6.45) is 0.502. The van der Waals surface area contributed by atoms with Gasteiger partial charge in [-0.15, -0.1) is 0 Å². The molecule has 1 atom stereocenters. The molecule has 0 fully saturated rings. The number of ether oxygens (including phenoxy) is 1. The number of hydrazone groups is 1. The van der Waals surface area contributed by atoms with E-state index in [1.54, 1.807) is 37.4 Å². The lowest BCUT2D eigenvalue weighted by atomic mass is 9.99. The van der Waals surface area contributed by atoms with Gasteiger partial charge in [0.05, 0.1) is 23.8 Å². The molecule has 3 aromatic rings. The van der Waals surface area contributed by atoms with Crippen molar-refractivity contribution in [3.05, 3.63) is 96.1 Å². The van der Waals surface area contributed by atoms with Gasteiger partial charge in [0.15, 0.2) is 0 Å². The van der Waals surface area contributed by atoms with E-state index in [1.165, 1.54) is 4.41 Å². The Balaban J connectivity index is 1.78. The topological polar surface area (TPSA) is 59.0 Å². The van der Waals surface area contributed by atoms with Crippen molar-refractivity contribution in [2.45, 2.75) is 17.4 Å². The molecule has 0 aliphatic carbocycles. The molecule has 0 saturated heterocycles. The van der Waals surface area contributed by atoms with E-state index in [1.807, 2.05) is 54.6 Å². The van der Waals surface area contributed by atoms with E-state index in [4.69, 9.17) is 4.74 Å². The predicted molar refractivity (Wildman–Crippen MR) is 109 cm³/mol. The van der Waals surface area contributed by atoms with Crippen LogP contribution in [0.2, 0.25) is 0 Å². The van der Waals surface area contributed by atoms with Crippen molar-refractivity contribution in [3.8, 4) is 5.75 Å². The van der Waals surface area contributed by atoms with Crippen LogP contribution in [-0.2, 0) is 10.0 Å². The molecule has 0 unspecified atom stereocenters. The van der Waals surface area contributed by atoms with Crippen LogP contribution < -0.4 is 4.74 Å². The summed E-state index contributed by atoms with van der Waals surface area (Å²) in [5.41, 5.74) is 2.54. The monoisotopic (exact) mass is 392 g/mol. The van der Waals surface area contributed by atoms with E-state index < -0.39 is 16.1 Å². The zero-order valence-electron chi connectivity index (χ0n) is 15.4. The summed E-state index contributed by atoms with van der Waals surface area (Å²) in [6.45, 7) is 0. The van der Waals surface area contributed by atoms with Crippen LogP contribution in [0.1, 0.15) is 23.6 Å². The molecular weight excluding hydrogens is 372 g/mol. The largest absolute Gasteiger partial charge is 0.497 e. The molecule has 1 aliphatic rings. The van der Waals surface area contributed by atoms with Gasteiger partial charge in [-0.1, -0.05) is 60.7 Å². The van der Waals surface area contributed by atoms with Crippen LogP contribution in [0.3, 0.4) is 0 Å². The van der Waals surface area contributed by atoms with Crippen LogP contribution in [-0.4, -0.2) is 25.7 Å². The molecule has 0 N–H and O–H groups in total. The Morgan fingerprint density at radius 2 is 1.50 bits per heavy atom.